The Kier molecular flexibility index (Phi) is 6.67. The predicted octanol–water partition coefficient (Wildman–Crippen LogP) is 3.07. The first-order valence-electron chi connectivity index (χ1n) is 7.40. The summed E-state index contributed by atoms with van der Waals surface area (Å²) in [6.07, 6.45) is 3.31. The normalized spacial score (nSPS) is 17.9. The number of amides is 1. The van der Waals surface area contributed by atoms with Crippen LogP contribution in [0.2, 0.25) is 0 Å². The maximum Gasteiger partial charge on any atom is 0.251 e. The summed E-state index contributed by atoms with van der Waals surface area (Å²) in [5.74, 6) is -0.0373. The Morgan fingerprint density at radius 3 is 3.10 bits per heavy atom. The molecule has 1 unspecified atom stereocenters. The number of carbonyl (C=O) groups excluding carboxylic acids is 1. The number of aryl methyl sites for hydroxylation is 1. The predicted molar refractivity (Wildman–Crippen MR) is 85.6 cm³/mol. The highest BCUT2D eigenvalue weighted by molar-refractivity contribution is 9.10. The number of rotatable bonds is 7. The molecule has 0 radical (unpaired) electrons. The zero-order valence-corrected chi connectivity index (χ0v) is 13.9. The molecule has 1 aromatic rings. The van der Waals surface area contributed by atoms with Gasteiger partial charge in [-0.15, -0.1) is 0 Å². The Bertz CT molecular complexity index is 473. The van der Waals surface area contributed by atoms with Gasteiger partial charge in [0.05, 0.1) is 12.7 Å². The average molecular weight is 356 g/mol. The lowest BCUT2D eigenvalue weighted by Crippen LogP contribution is -2.25. The number of carbonyl (C=O) groups is 1. The summed E-state index contributed by atoms with van der Waals surface area (Å²) >= 11 is 3.43. The molecule has 1 saturated heterocycles. The second-order valence-electron chi connectivity index (χ2n) is 5.28. The van der Waals surface area contributed by atoms with Crippen molar-refractivity contribution >= 4 is 21.8 Å². The molecule has 1 aliphatic rings. The van der Waals surface area contributed by atoms with Gasteiger partial charge < -0.3 is 14.8 Å². The molecule has 5 heteroatoms. The van der Waals surface area contributed by atoms with E-state index in [1.165, 1.54) is 0 Å². The van der Waals surface area contributed by atoms with Gasteiger partial charge in [-0.1, -0.05) is 15.9 Å². The highest BCUT2D eigenvalue weighted by Gasteiger charge is 2.14. The van der Waals surface area contributed by atoms with Crippen LogP contribution in [0.3, 0.4) is 0 Å². The lowest BCUT2D eigenvalue weighted by atomic mass is 10.1. The number of ether oxygens (including phenoxy) is 2. The second kappa shape index (κ2) is 8.51. The molecule has 1 fully saturated rings. The lowest BCUT2D eigenvalue weighted by molar-refractivity contribution is 0.0166. The van der Waals surface area contributed by atoms with Gasteiger partial charge in [0.15, 0.2) is 0 Å². The highest BCUT2D eigenvalue weighted by atomic mass is 79.9. The van der Waals surface area contributed by atoms with Crippen LogP contribution in [0.25, 0.3) is 0 Å². The van der Waals surface area contributed by atoms with E-state index >= 15 is 0 Å². The molecule has 4 nitrogen and oxygen atoms in total. The number of hydrogen-bond acceptors (Lipinski definition) is 3. The molecule has 1 N–H and O–H groups in total. The molecule has 116 valence electrons. The van der Waals surface area contributed by atoms with Crippen molar-refractivity contribution in [3.8, 4) is 0 Å². The van der Waals surface area contributed by atoms with Crippen LogP contribution in [0.4, 0.5) is 0 Å². The third-order valence-corrected chi connectivity index (χ3v) is 4.39. The van der Waals surface area contributed by atoms with E-state index in [1.807, 2.05) is 25.1 Å². The Morgan fingerprint density at radius 1 is 1.52 bits per heavy atom. The van der Waals surface area contributed by atoms with Gasteiger partial charge in [-0.2, -0.15) is 0 Å². The van der Waals surface area contributed by atoms with E-state index in [-0.39, 0.29) is 12.0 Å². The molecule has 1 aromatic carbocycles. The van der Waals surface area contributed by atoms with Gasteiger partial charge in [-0.25, -0.2) is 0 Å². The lowest BCUT2D eigenvalue weighted by Gasteiger charge is -2.10. The smallest absolute Gasteiger partial charge is 0.251 e. The molecular formula is C16H22BrNO3. The fourth-order valence-corrected chi connectivity index (χ4v) is 2.50. The summed E-state index contributed by atoms with van der Waals surface area (Å²) in [4.78, 5) is 12.0. The standard InChI is InChI=1S/C16H22BrNO3/c1-12-10-13(5-6-15(12)17)16(19)18-7-3-8-20-11-14-4-2-9-21-14/h5-6,10,14H,2-4,7-9,11H2,1H3,(H,18,19). The van der Waals surface area contributed by atoms with Crippen LogP contribution >= 0.6 is 15.9 Å². The molecule has 0 saturated carbocycles. The Labute approximate surface area is 134 Å². The SMILES string of the molecule is Cc1cc(C(=O)NCCCOCC2CCCO2)ccc1Br. The van der Waals surface area contributed by atoms with Crippen LogP contribution in [-0.4, -0.2) is 38.4 Å². The molecule has 0 bridgehead atoms. The molecular weight excluding hydrogens is 334 g/mol. The Balaban J connectivity index is 1.59. The van der Waals surface area contributed by atoms with Crippen LogP contribution in [0, 0.1) is 6.92 Å². The molecule has 0 aromatic heterocycles. The molecule has 21 heavy (non-hydrogen) atoms. The fourth-order valence-electron chi connectivity index (χ4n) is 2.25. The quantitative estimate of drug-likeness (QED) is 0.764. The van der Waals surface area contributed by atoms with Crippen molar-refractivity contribution in [2.24, 2.45) is 0 Å². The van der Waals surface area contributed by atoms with E-state index in [2.05, 4.69) is 21.2 Å². The second-order valence-corrected chi connectivity index (χ2v) is 6.14. The van der Waals surface area contributed by atoms with Crippen LogP contribution < -0.4 is 5.32 Å². The summed E-state index contributed by atoms with van der Waals surface area (Å²) in [6.45, 7) is 4.77. The summed E-state index contributed by atoms with van der Waals surface area (Å²) < 4.78 is 12.1. The number of hydrogen-bond donors (Lipinski definition) is 1. The minimum absolute atomic E-state index is 0.0373. The van der Waals surface area contributed by atoms with Gasteiger partial charge in [0, 0.05) is 29.8 Å². The van der Waals surface area contributed by atoms with Gasteiger partial charge in [0.2, 0.25) is 0 Å². The minimum atomic E-state index is -0.0373. The average Bonchev–Trinajstić information content (AvgIpc) is 2.98. The van der Waals surface area contributed by atoms with Crippen LogP contribution in [-0.2, 0) is 9.47 Å². The van der Waals surface area contributed by atoms with Crippen molar-refractivity contribution in [3.05, 3.63) is 33.8 Å². The van der Waals surface area contributed by atoms with Crippen molar-refractivity contribution in [3.63, 3.8) is 0 Å². The summed E-state index contributed by atoms with van der Waals surface area (Å²) in [6, 6.07) is 5.60. The maximum atomic E-state index is 12.0. The number of benzene rings is 1. The van der Waals surface area contributed by atoms with Gasteiger partial charge in [-0.05, 0) is 49.9 Å². The first-order valence-corrected chi connectivity index (χ1v) is 8.20. The molecule has 1 atom stereocenters. The third-order valence-electron chi connectivity index (χ3n) is 3.50. The van der Waals surface area contributed by atoms with E-state index in [1.54, 1.807) is 0 Å². The monoisotopic (exact) mass is 355 g/mol. The van der Waals surface area contributed by atoms with Crippen molar-refractivity contribution in [2.45, 2.75) is 32.3 Å². The molecule has 1 aliphatic heterocycles. The van der Waals surface area contributed by atoms with E-state index in [0.29, 0.717) is 25.3 Å². The third kappa shape index (κ3) is 5.41. The van der Waals surface area contributed by atoms with E-state index in [9.17, 15) is 4.79 Å². The van der Waals surface area contributed by atoms with Crippen molar-refractivity contribution < 1.29 is 14.3 Å². The van der Waals surface area contributed by atoms with Gasteiger partial charge in [0.1, 0.15) is 0 Å². The first kappa shape index (κ1) is 16.5. The summed E-state index contributed by atoms with van der Waals surface area (Å²) in [5.41, 5.74) is 1.75. The van der Waals surface area contributed by atoms with Crippen molar-refractivity contribution in [2.75, 3.05) is 26.4 Å². The Hall–Kier alpha value is -0.910. The van der Waals surface area contributed by atoms with Crippen LogP contribution in [0.15, 0.2) is 22.7 Å². The summed E-state index contributed by atoms with van der Waals surface area (Å²) in [7, 11) is 0. The van der Waals surface area contributed by atoms with E-state index in [4.69, 9.17) is 9.47 Å². The minimum Gasteiger partial charge on any atom is -0.379 e. The van der Waals surface area contributed by atoms with E-state index < -0.39 is 0 Å². The van der Waals surface area contributed by atoms with Gasteiger partial charge in [0.25, 0.3) is 5.91 Å². The maximum absolute atomic E-state index is 12.0. The zero-order valence-electron chi connectivity index (χ0n) is 12.4. The molecule has 0 spiro atoms. The largest absolute Gasteiger partial charge is 0.379 e. The first-order chi connectivity index (χ1) is 10.2. The molecule has 2 rings (SSSR count). The van der Waals surface area contributed by atoms with Crippen LogP contribution in [0.1, 0.15) is 35.2 Å². The summed E-state index contributed by atoms with van der Waals surface area (Å²) in [5, 5.41) is 2.91. The zero-order chi connectivity index (χ0) is 15.1. The number of halogens is 1. The fraction of sp³-hybridized carbons (Fsp3) is 0.562. The molecule has 0 aliphatic carbocycles. The molecule has 1 amide bonds. The Morgan fingerprint density at radius 2 is 2.38 bits per heavy atom. The number of nitrogens with one attached hydrogen (secondary N) is 1. The highest BCUT2D eigenvalue weighted by Crippen LogP contribution is 2.17. The van der Waals surface area contributed by atoms with Crippen molar-refractivity contribution in [1.82, 2.24) is 5.32 Å². The van der Waals surface area contributed by atoms with Crippen molar-refractivity contribution in [1.29, 1.82) is 0 Å². The van der Waals surface area contributed by atoms with E-state index in [0.717, 1.165) is 35.9 Å². The topological polar surface area (TPSA) is 47.6 Å². The molecule has 1 heterocycles. The van der Waals surface area contributed by atoms with Gasteiger partial charge in [-0.3, -0.25) is 4.79 Å². The van der Waals surface area contributed by atoms with Gasteiger partial charge >= 0.3 is 0 Å². The van der Waals surface area contributed by atoms with Crippen LogP contribution in [0.5, 0.6) is 0 Å².